The highest BCUT2D eigenvalue weighted by atomic mass is 32.2. The number of carboxylic acids is 1. The molecule has 3 N–H and O–H groups in total. The average molecular weight is 290 g/mol. The molecule has 0 aliphatic carbocycles. The van der Waals surface area contributed by atoms with Crippen molar-refractivity contribution in [3.8, 4) is 0 Å². The van der Waals surface area contributed by atoms with Gasteiger partial charge in [-0.05, 0) is 38.2 Å². The molecular weight excluding hydrogens is 268 g/mol. The number of carbonyl (C=O) groups excluding carboxylic acids is 1. The Hall–Kier alpha value is -0.950. The van der Waals surface area contributed by atoms with Crippen LogP contribution in [0.15, 0.2) is 0 Å². The molecule has 6 nitrogen and oxygen atoms in total. The molecule has 0 saturated carbocycles. The third-order valence-electron chi connectivity index (χ3n) is 3.23. The van der Waals surface area contributed by atoms with Gasteiger partial charge in [0.1, 0.15) is 6.04 Å². The fourth-order valence-electron chi connectivity index (χ4n) is 1.91. The minimum atomic E-state index is -0.999. The summed E-state index contributed by atoms with van der Waals surface area (Å²) in [4.78, 5) is 22.9. The molecule has 1 saturated heterocycles. The summed E-state index contributed by atoms with van der Waals surface area (Å²) in [6, 6.07) is -1.26. The number of ether oxygens (including phenoxy) is 1. The van der Waals surface area contributed by atoms with Crippen molar-refractivity contribution in [2.45, 2.75) is 37.8 Å². The summed E-state index contributed by atoms with van der Waals surface area (Å²) in [7, 11) is 0. The zero-order chi connectivity index (χ0) is 14.3. The Morgan fingerprint density at radius 2 is 2.05 bits per heavy atom. The van der Waals surface area contributed by atoms with Gasteiger partial charge in [0.15, 0.2) is 0 Å². The molecule has 7 heteroatoms. The molecule has 1 unspecified atom stereocenters. The van der Waals surface area contributed by atoms with Gasteiger partial charge in [-0.2, -0.15) is 11.8 Å². The number of hydrogen-bond donors (Lipinski definition) is 3. The summed E-state index contributed by atoms with van der Waals surface area (Å²) in [5.74, 6) is -0.302. The summed E-state index contributed by atoms with van der Waals surface area (Å²) in [5, 5.41) is 14.4. The van der Waals surface area contributed by atoms with E-state index in [9.17, 15) is 9.59 Å². The highest BCUT2D eigenvalue weighted by Crippen LogP contribution is 2.19. The van der Waals surface area contributed by atoms with Crippen molar-refractivity contribution in [1.29, 1.82) is 0 Å². The zero-order valence-electron chi connectivity index (χ0n) is 11.4. The van der Waals surface area contributed by atoms with Crippen LogP contribution in [0.4, 0.5) is 4.79 Å². The van der Waals surface area contributed by atoms with Crippen molar-refractivity contribution in [2.24, 2.45) is 0 Å². The minimum absolute atomic E-state index is 0.315. The lowest BCUT2D eigenvalue weighted by molar-refractivity contribution is -0.139. The number of nitrogens with one attached hydrogen (secondary N) is 2. The van der Waals surface area contributed by atoms with Gasteiger partial charge >= 0.3 is 12.0 Å². The summed E-state index contributed by atoms with van der Waals surface area (Å²) < 4.78 is 5.25. The molecule has 1 rings (SSSR count). The molecule has 110 valence electrons. The lowest BCUT2D eigenvalue weighted by Gasteiger charge is -2.34. The Bertz CT molecular complexity index is 319. The molecule has 2 amide bonds. The second-order valence-corrected chi connectivity index (χ2v) is 5.93. The van der Waals surface area contributed by atoms with Crippen molar-refractivity contribution in [3.63, 3.8) is 0 Å². The third-order valence-corrected chi connectivity index (χ3v) is 3.87. The second-order valence-electron chi connectivity index (χ2n) is 4.94. The van der Waals surface area contributed by atoms with E-state index in [1.54, 1.807) is 11.8 Å². The van der Waals surface area contributed by atoms with Gasteiger partial charge in [0.05, 0.1) is 0 Å². The van der Waals surface area contributed by atoms with Crippen LogP contribution in [0.25, 0.3) is 0 Å². The third kappa shape index (κ3) is 5.69. The van der Waals surface area contributed by atoms with Gasteiger partial charge < -0.3 is 20.5 Å². The molecule has 1 aliphatic heterocycles. The predicted octanol–water partition coefficient (Wildman–Crippen LogP) is 1.06. The van der Waals surface area contributed by atoms with E-state index < -0.39 is 18.0 Å². The lowest BCUT2D eigenvalue weighted by atomic mass is 9.93. The van der Waals surface area contributed by atoms with Crippen LogP contribution in [0.2, 0.25) is 0 Å². The lowest BCUT2D eigenvalue weighted by Crippen LogP contribution is -2.55. The van der Waals surface area contributed by atoms with E-state index >= 15 is 0 Å². The van der Waals surface area contributed by atoms with Gasteiger partial charge in [-0.1, -0.05) is 0 Å². The maximum atomic E-state index is 11.9. The molecule has 0 aromatic rings. The van der Waals surface area contributed by atoms with Gasteiger partial charge in [0.25, 0.3) is 0 Å². The monoisotopic (exact) mass is 290 g/mol. The Balaban J connectivity index is 2.45. The number of carbonyl (C=O) groups is 2. The first-order valence-corrected chi connectivity index (χ1v) is 7.74. The van der Waals surface area contributed by atoms with Crippen molar-refractivity contribution >= 4 is 23.8 Å². The van der Waals surface area contributed by atoms with Gasteiger partial charge in [-0.3, -0.25) is 0 Å². The van der Waals surface area contributed by atoms with Crippen LogP contribution in [-0.2, 0) is 9.53 Å². The maximum absolute atomic E-state index is 11.9. The second kappa shape index (κ2) is 7.59. The Kier molecular flexibility index (Phi) is 6.44. The summed E-state index contributed by atoms with van der Waals surface area (Å²) in [6.07, 6.45) is 3.80. The van der Waals surface area contributed by atoms with E-state index in [-0.39, 0.29) is 5.54 Å². The predicted molar refractivity (Wildman–Crippen MR) is 74.5 cm³/mol. The van der Waals surface area contributed by atoms with Gasteiger partial charge in [0, 0.05) is 18.8 Å². The average Bonchev–Trinajstić information content (AvgIpc) is 2.34. The molecule has 19 heavy (non-hydrogen) atoms. The first-order valence-electron chi connectivity index (χ1n) is 6.35. The number of aliphatic carboxylic acids is 1. The molecule has 1 fully saturated rings. The molecule has 1 heterocycles. The van der Waals surface area contributed by atoms with E-state index in [1.807, 2.05) is 13.2 Å². The number of carboxylic acid groups (broad SMARTS) is 1. The van der Waals surface area contributed by atoms with Gasteiger partial charge in [-0.25, -0.2) is 9.59 Å². The molecule has 1 atom stereocenters. The SMILES string of the molecule is CSCCC(NC(=O)NC1(C)CCOCC1)C(=O)O. The number of urea groups is 1. The van der Waals surface area contributed by atoms with Crippen molar-refractivity contribution in [1.82, 2.24) is 10.6 Å². The number of rotatable bonds is 6. The van der Waals surface area contributed by atoms with Crippen molar-refractivity contribution < 1.29 is 19.4 Å². The van der Waals surface area contributed by atoms with E-state index in [0.717, 1.165) is 12.8 Å². The molecule has 0 bridgehead atoms. The molecule has 0 aromatic carbocycles. The first-order chi connectivity index (χ1) is 8.97. The quantitative estimate of drug-likeness (QED) is 0.681. The highest BCUT2D eigenvalue weighted by Gasteiger charge is 2.30. The zero-order valence-corrected chi connectivity index (χ0v) is 12.2. The van der Waals surface area contributed by atoms with E-state index in [0.29, 0.717) is 25.4 Å². The fraction of sp³-hybridized carbons (Fsp3) is 0.833. The van der Waals surface area contributed by atoms with Crippen LogP contribution in [0.1, 0.15) is 26.2 Å². The number of thioether (sulfide) groups is 1. The molecule has 1 aliphatic rings. The Morgan fingerprint density at radius 3 is 2.58 bits per heavy atom. The summed E-state index contributed by atoms with van der Waals surface area (Å²) in [5.41, 5.74) is -0.315. The normalized spacial score (nSPS) is 19.5. The topological polar surface area (TPSA) is 87.7 Å². The van der Waals surface area contributed by atoms with Crippen LogP contribution in [0, 0.1) is 0 Å². The molecule has 0 aromatic heterocycles. The smallest absolute Gasteiger partial charge is 0.326 e. The van der Waals surface area contributed by atoms with Crippen LogP contribution < -0.4 is 10.6 Å². The highest BCUT2D eigenvalue weighted by molar-refractivity contribution is 7.98. The first kappa shape index (κ1) is 16.1. The van der Waals surface area contributed by atoms with Crippen molar-refractivity contribution in [3.05, 3.63) is 0 Å². The Labute approximate surface area is 117 Å². The van der Waals surface area contributed by atoms with Crippen LogP contribution in [0.3, 0.4) is 0 Å². The number of amides is 2. The van der Waals surface area contributed by atoms with E-state index in [4.69, 9.17) is 9.84 Å². The van der Waals surface area contributed by atoms with Crippen LogP contribution in [-0.4, -0.2) is 53.9 Å². The van der Waals surface area contributed by atoms with Crippen LogP contribution >= 0.6 is 11.8 Å². The minimum Gasteiger partial charge on any atom is -0.480 e. The number of hydrogen-bond acceptors (Lipinski definition) is 4. The van der Waals surface area contributed by atoms with Gasteiger partial charge in [0.2, 0.25) is 0 Å². The maximum Gasteiger partial charge on any atom is 0.326 e. The van der Waals surface area contributed by atoms with E-state index in [1.165, 1.54) is 0 Å². The van der Waals surface area contributed by atoms with Crippen LogP contribution in [0.5, 0.6) is 0 Å². The summed E-state index contributed by atoms with van der Waals surface area (Å²) in [6.45, 7) is 3.18. The summed E-state index contributed by atoms with van der Waals surface area (Å²) >= 11 is 1.56. The molecular formula is C12H22N2O4S. The van der Waals surface area contributed by atoms with Crippen molar-refractivity contribution in [2.75, 3.05) is 25.2 Å². The molecule has 0 radical (unpaired) electrons. The fourth-order valence-corrected chi connectivity index (χ4v) is 2.38. The van der Waals surface area contributed by atoms with Gasteiger partial charge in [-0.15, -0.1) is 0 Å². The largest absolute Gasteiger partial charge is 0.480 e. The standard InChI is InChI=1S/C12H22N2O4S/c1-12(4-6-18-7-5-12)14-11(17)13-9(10(15)16)3-8-19-2/h9H,3-8H2,1-2H3,(H,15,16)(H2,13,14,17). The van der Waals surface area contributed by atoms with E-state index in [2.05, 4.69) is 10.6 Å². The molecule has 0 spiro atoms. The Morgan fingerprint density at radius 1 is 1.42 bits per heavy atom.